The Morgan fingerprint density at radius 3 is 2.27 bits per heavy atom. The SMILES string of the molecule is CNCCN(Cc1ccccc1)CC(O)C12CCC3(C)C(CCC4C5(C)CCC(OC(=O)CC(C)(C)C(=O)O)C(C)(C)C5CCC43C)C1=C(C(C)C)C(=O)C2. The van der Waals surface area contributed by atoms with Crippen LogP contribution in [0.2, 0.25) is 0 Å². The molecule has 0 radical (unpaired) electrons. The van der Waals surface area contributed by atoms with Crippen molar-refractivity contribution in [3.05, 3.63) is 47.0 Å². The average molecular weight is 761 g/mol. The number of nitrogens with zero attached hydrogens (tertiary/aromatic N) is 1. The first-order valence-corrected chi connectivity index (χ1v) is 21.5. The third-order valence-corrected chi connectivity index (χ3v) is 16.9. The summed E-state index contributed by atoms with van der Waals surface area (Å²) in [5.74, 6) is 0.0727. The van der Waals surface area contributed by atoms with Gasteiger partial charge >= 0.3 is 11.9 Å². The molecule has 1 aromatic carbocycles. The number of nitrogens with one attached hydrogen (secondary N) is 1. The smallest absolute Gasteiger partial charge is 0.309 e. The number of Topliss-reactive ketones (excluding diaryl/α,β-unsaturated/α-hetero) is 1. The second kappa shape index (κ2) is 15.0. The van der Waals surface area contributed by atoms with Crippen LogP contribution >= 0.6 is 0 Å². The molecule has 0 amide bonds. The van der Waals surface area contributed by atoms with Crippen molar-refractivity contribution in [1.82, 2.24) is 10.2 Å². The molecule has 9 atom stereocenters. The number of hydrogen-bond acceptors (Lipinski definition) is 7. The summed E-state index contributed by atoms with van der Waals surface area (Å²) in [4.78, 5) is 41.5. The fourth-order valence-electron chi connectivity index (χ4n) is 13.7. The van der Waals surface area contributed by atoms with E-state index in [2.05, 4.69) is 82.9 Å². The summed E-state index contributed by atoms with van der Waals surface area (Å²) in [6.07, 6.45) is 7.28. The zero-order chi connectivity index (χ0) is 40.4. The van der Waals surface area contributed by atoms with Gasteiger partial charge in [-0.25, -0.2) is 0 Å². The van der Waals surface area contributed by atoms with E-state index < -0.39 is 28.9 Å². The second-order valence-electron chi connectivity index (χ2n) is 20.9. The molecule has 0 saturated heterocycles. The summed E-state index contributed by atoms with van der Waals surface area (Å²) in [7, 11) is 1.97. The van der Waals surface area contributed by atoms with E-state index in [4.69, 9.17) is 4.74 Å². The molecule has 3 N–H and O–H groups in total. The Bertz CT molecular complexity index is 1650. The first-order chi connectivity index (χ1) is 25.7. The monoisotopic (exact) mass is 761 g/mol. The van der Waals surface area contributed by atoms with E-state index in [0.717, 1.165) is 76.6 Å². The van der Waals surface area contributed by atoms with Gasteiger partial charge in [-0.05, 0) is 123 Å². The molecule has 306 valence electrons. The van der Waals surface area contributed by atoms with Crippen molar-refractivity contribution in [3.8, 4) is 0 Å². The quantitative estimate of drug-likeness (QED) is 0.172. The summed E-state index contributed by atoms with van der Waals surface area (Å²) in [5.41, 5.74) is 1.72. The predicted octanol–water partition coefficient (Wildman–Crippen LogP) is 8.46. The molecule has 0 heterocycles. The molecule has 0 spiro atoms. The standard InChI is InChI=1S/C47H72N2O6/c1-30(2)39-33(50)26-47(36(51)29-49(25-24-48-10)28-31-14-12-11-13-15-31)23-22-45(8)32(40(39)47)16-17-35-44(7)20-19-37(55-38(52)27-42(3,4)41(53)54)43(5,6)34(44)18-21-46(35,45)9/h11-15,30,32,34-37,48,51H,16-29H2,1-10H3,(H,53,54). The van der Waals surface area contributed by atoms with Crippen LogP contribution in [0.3, 0.4) is 0 Å². The number of carboxylic acid groups (broad SMARTS) is 1. The molecule has 8 nitrogen and oxygen atoms in total. The fraction of sp³-hybridized carbons (Fsp3) is 0.766. The van der Waals surface area contributed by atoms with Gasteiger partial charge in [0.2, 0.25) is 0 Å². The van der Waals surface area contributed by atoms with E-state index in [9.17, 15) is 24.6 Å². The Hall–Kier alpha value is -2.55. The first kappa shape index (κ1) is 42.1. The lowest BCUT2D eigenvalue weighted by molar-refractivity contribution is -0.235. The summed E-state index contributed by atoms with van der Waals surface area (Å²) in [6, 6.07) is 10.5. The number of carbonyl (C=O) groups is 3. The fourth-order valence-corrected chi connectivity index (χ4v) is 13.7. The average Bonchev–Trinajstić information content (AvgIpc) is 3.42. The number of ketones is 1. The van der Waals surface area contributed by atoms with Crippen LogP contribution in [0.5, 0.6) is 0 Å². The minimum atomic E-state index is -1.17. The number of esters is 1. The van der Waals surface area contributed by atoms with E-state index in [-0.39, 0.29) is 51.8 Å². The number of carboxylic acids is 1. The lowest BCUT2D eigenvalue weighted by Gasteiger charge is -2.72. The number of fused-ring (bicyclic) bond motifs is 7. The number of benzene rings is 1. The lowest BCUT2D eigenvalue weighted by atomic mass is 9.33. The summed E-state index contributed by atoms with van der Waals surface area (Å²) in [5, 5.41) is 25.5. The lowest BCUT2D eigenvalue weighted by Crippen LogP contribution is -2.66. The Balaban J connectivity index is 1.28. The Kier molecular flexibility index (Phi) is 11.5. The number of ether oxygens (including phenoxy) is 1. The van der Waals surface area contributed by atoms with Gasteiger partial charge in [0.05, 0.1) is 17.9 Å². The van der Waals surface area contributed by atoms with E-state index in [0.29, 0.717) is 24.8 Å². The van der Waals surface area contributed by atoms with Gasteiger partial charge in [0.1, 0.15) is 6.10 Å². The van der Waals surface area contributed by atoms with Crippen LogP contribution in [0.15, 0.2) is 41.5 Å². The minimum absolute atomic E-state index is 0.0149. The molecule has 4 saturated carbocycles. The molecule has 5 aliphatic rings. The Morgan fingerprint density at radius 2 is 1.64 bits per heavy atom. The van der Waals surface area contributed by atoms with Gasteiger partial charge in [0, 0.05) is 43.4 Å². The molecular formula is C47H72N2O6. The van der Waals surface area contributed by atoms with Crippen molar-refractivity contribution in [2.45, 2.75) is 145 Å². The summed E-state index contributed by atoms with van der Waals surface area (Å²) >= 11 is 0. The molecule has 9 unspecified atom stereocenters. The van der Waals surface area contributed by atoms with Crippen molar-refractivity contribution >= 4 is 17.7 Å². The molecule has 0 aliphatic heterocycles. The number of aliphatic hydroxyl groups excluding tert-OH is 1. The molecular weight excluding hydrogens is 689 g/mol. The highest BCUT2D eigenvalue weighted by molar-refractivity contribution is 6.00. The van der Waals surface area contributed by atoms with Crippen LogP contribution < -0.4 is 5.32 Å². The van der Waals surface area contributed by atoms with Gasteiger partial charge in [-0.15, -0.1) is 0 Å². The van der Waals surface area contributed by atoms with Crippen LogP contribution in [-0.4, -0.2) is 71.7 Å². The van der Waals surface area contributed by atoms with Gasteiger partial charge in [0.25, 0.3) is 0 Å². The van der Waals surface area contributed by atoms with Crippen molar-refractivity contribution in [3.63, 3.8) is 0 Å². The molecule has 8 heteroatoms. The highest BCUT2D eigenvalue weighted by Crippen LogP contribution is 2.77. The molecule has 0 bridgehead atoms. The van der Waals surface area contributed by atoms with Gasteiger partial charge < -0.3 is 20.3 Å². The first-order valence-electron chi connectivity index (χ1n) is 21.5. The molecule has 4 fully saturated rings. The van der Waals surface area contributed by atoms with Crippen LogP contribution in [0, 0.1) is 56.2 Å². The topological polar surface area (TPSA) is 116 Å². The Labute approximate surface area is 331 Å². The number of hydrogen-bond donors (Lipinski definition) is 3. The van der Waals surface area contributed by atoms with E-state index >= 15 is 0 Å². The van der Waals surface area contributed by atoms with Crippen LogP contribution in [0.25, 0.3) is 0 Å². The van der Waals surface area contributed by atoms with Crippen molar-refractivity contribution in [2.75, 3.05) is 26.7 Å². The number of aliphatic carboxylic acids is 1. The normalized spacial score (nSPS) is 36.2. The number of allylic oxidation sites excluding steroid dienone is 1. The minimum Gasteiger partial charge on any atom is -0.481 e. The molecule has 1 aromatic rings. The predicted molar refractivity (Wildman–Crippen MR) is 217 cm³/mol. The van der Waals surface area contributed by atoms with Crippen molar-refractivity contribution in [1.29, 1.82) is 0 Å². The Morgan fingerprint density at radius 1 is 0.945 bits per heavy atom. The van der Waals surface area contributed by atoms with E-state index in [1.807, 2.05) is 13.1 Å². The van der Waals surface area contributed by atoms with Gasteiger partial charge in [-0.2, -0.15) is 0 Å². The summed E-state index contributed by atoms with van der Waals surface area (Å²) in [6.45, 7) is 22.7. The van der Waals surface area contributed by atoms with Gasteiger partial charge in [-0.3, -0.25) is 19.3 Å². The van der Waals surface area contributed by atoms with Gasteiger partial charge in [0.15, 0.2) is 5.78 Å². The van der Waals surface area contributed by atoms with Crippen LogP contribution in [-0.2, 0) is 25.7 Å². The molecule has 6 rings (SSSR count). The maximum Gasteiger partial charge on any atom is 0.309 e. The maximum atomic E-state index is 14.3. The number of rotatable bonds is 13. The van der Waals surface area contributed by atoms with Gasteiger partial charge in [-0.1, -0.05) is 84.4 Å². The second-order valence-corrected chi connectivity index (χ2v) is 20.9. The van der Waals surface area contributed by atoms with Crippen LogP contribution in [0.4, 0.5) is 0 Å². The molecule has 55 heavy (non-hydrogen) atoms. The number of aliphatic hydroxyl groups is 1. The van der Waals surface area contributed by atoms with E-state index in [1.54, 1.807) is 13.8 Å². The molecule has 0 aromatic heterocycles. The number of likely N-dealkylation sites (N-methyl/N-ethyl adjacent to an activating group) is 1. The maximum absolute atomic E-state index is 14.3. The zero-order valence-corrected chi connectivity index (χ0v) is 35.7. The van der Waals surface area contributed by atoms with Crippen molar-refractivity contribution in [2.24, 2.45) is 56.2 Å². The zero-order valence-electron chi connectivity index (χ0n) is 35.7. The van der Waals surface area contributed by atoms with E-state index in [1.165, 1.54) is 11.1 Å². The highest BCUT2D eigenvalue weighted by atomic mass is 16.5. The van der Waals surface area contributed by atoms with Crippen LogP contribution in [0.1, 0.15) is 132 Å². The highest BCUT2D eigenvalue weighted by Gasteiger charge is 2.71. The largest absolute Gasteiger partial charge is 0.481 e. The third kappa shape index (κ3) is 6.96. The summed E-state index contributed by atoms with van der Waals surface area (Å²) < 4.78 is 6.19. The van der Waals surface area contributed by atoms with Crippen molar-refractivity contribution < 1.29 is 29.3 Å². The third-order valence-electron chi connectivity index (χ3n) is 16.9. The number of carbonyl (C=O) groups excluding carboxylic acids is 2. The molecule has 5 aliphatic carbocycles.